The average Bonchev–Trinajstić information content (AvgIpc) is 3.06. The van der Waals surface area contributed by atoms with Crippen molar-refractivity contribution in [1.82, 2.24) is 0 Å². The van der Waals surface area contributed by atoms with E-state index in [1.165, 1.54) is 103 Å². The van der Waals surface area contributed by atoms with Gasteiger partial charge in [0.05, 0.1) is 0 Å². The maximum Gasteiger partial charge on any atom is 0.209 e. The number of aliphatic hydroxyl groups excluding tert-OH is 4. The molecular weight excluding hydrogens is 584 g/mol. The van der Waals surface area contributed by atoms with E-state index < -0.39 is 41.6 Å². The van der Waals surface area contributed by atoms with Gasteiger partial charge in [-0.1, -0.05) is 168 Å². The largest absolute Gasteiger partial charge is 0.387 e. The quantitative estimate of drug-likeness (QED) is 0.0268. The Morgan fingerprint density at radius 1 is 0.478 bits per heavy atom. The molecule has 0 aliphatic rings. The zero-order chi connectivity index (χ0) is 34.5. The van der Waals surface area contributed by atoms with E-state index in [9.17, 15) is 39.9 Å². The highest BCUT2D eigenvalue weighted by Gasteiger charge is 2.53. The van der Waals surface area contributed by atoms with Gasteiger partial charge in [0.15, 0.2) is 17.9 Å². The molecule has 0 aromatic heterocycles. The molecule has 0 radical (unpaired) electrons. The van der Waals surface area contributed by atoms with Gasteiger partial charge in [0, 0.05) is 12.8 Å². The molecule has 0 spiro atoms. The van der Waals surface area contributed by atoms with E-state index in [1.54, 1.807) is 0 Å². The number of carbonyl (C=O) groups excluding carboxylic acids is 3. The predicted molar refractivity (Wildman–Crippen MR) is 186 cm³/mol. The summed E-state index contributed by atoms with van der Waals surface area (Å²) in [5, 5.41) is 52.1. The minimum absolute atomic E-state index is 0.0233. The first-order chi connectivity index (χ1) is 22.2. The number of hydrogen-bond donors (Lipinski definition) is 5. The van der Waals surface area contributed by atoms with Crippen LogP contribution in [0.3, 0.4) is 0 Å². The molecular formula is C38H72O8. The Hall–Kier alpha value is -1.19. The lowest BCUT2D eigenvalue weighted by Crippen LogP contribution is -2.63. The van der Waals surface area contributed by atoms with Crippen LogP contribution in [0, 0.1) is 0 Å². The second-order valence-electron chi connectivity index (χ2n) is 13.7. The van der Waals surface area contributed by atoms with Crippen LogP contribution in [0.5, 0.6) is 0 Å². The normalized spacial score (nSPS) is 14.6. The second-order valence-corrected chi connectivity index (χ2v) is 13.7. The number of hydrogen-bond acceptors (Lipinski definition) is 8. The van der Waals surface area contributed by atoms with Gasteiger partial charge in [-0.25, -0.2) is 0 Å². The molecule has 272 valence electrons. The zero-order valence-electron chi connectivity index (χ0n) is 29.6. The molecule has 0 saturated heterocycles. The molecule has 0 bridgehead atoms. The van der Waals surface area contributed by atoms with Gasteiger partial charge in [0.1, 0.15) is 24.4 Å². The van der Waals surface area contributed by atoms with Crippen LogP contribution in [0.1, 0.15) is 194 Å². The number of carbonyl (C=O) groups is 3. The summed E-state index contributed by atoms with van der Waals surface area (Å²) < 4.78 is 0. The number of Topliss-reactive ketones (excluding diaryl/α,β-unsaturated/α-hetero) is 2. The Balaban J connectivity index is 4.64. The molecule has 8 nitrogen and oxygen atoms in total. The molecule has 46 heavy (non-hydrogen) atoms. The van der Waals surface area contributed by atoms with E-state index in [0.29, 0.717) is 12.8 Å². The van der Waals surface area contributed by atoms with Crippen LogP contribution in [0.2, 0.25) is 0 Å². The molecule has 0 aromatic rings. The molecule has 4 atom stereocenters. The number of aldehydes is 1. The van der Waals surface area contributed by atoms with Crippen molar-refractivity contribution in [2.24, 2.45) is 0 Å². The van der Waals surface area contributed by atoms with Crippen LogP contribution in [0.25, 0.3) is 0 Å². The summed E-state index contributed by atoms with van der Waals surface area (Å²) in [6.45, 7) is 4.45. The Kier molecular flexibility index (Phi) is 29.1. The van der Waals surface area contributed by atoms with Gasteiger partial charge in [-0.15, -0.1) is 0 Å². The first-order valence-corrected chi connectivity index (χ1v) is 19.1. The van der Waals surface area contributed by atoms with Crippen LogP contribution in [0.4, 0.5) is 0 Å². The summed E-state index contributed by atoms with van der Waals surface area (Å²) in [5.41, 5.74) is -2.92. The molecule has 5 N–H and O–H groups in total. The van der Waals surface area contributed by atoms with E-state index >= 15 is 0 Å². The summed E-state index contributed by atoms with van der Waals surface area (Å²) in [6, 6.07) is 0. The van der Waals surface area contributed by atoms with Gasteiger partial charge in [0.25, 0.3) is 0 Å². The molecule has 0 amide bonds. The van der Waals surface area contributed by atoms with Crippen molar-refractivity contribution in [2.75, 3.05) is 0 Å². The number of aliphatic hydroxyl groups is 5. The number of unbranched alkanes of at least 4 members (excludes halogenated alkanes) is 24. The third-order valence-corrected chi connectivity index (χ3v) is 9.46. The highest BCUT2D eigenvalue weighted by atomic mass is 16.4. The Bertz CT molecular complexity index is 700. The first-order valence-electron chi connectivity index (χ1n) is 19.1. The van der Waals surface area contributed by atoms with Gasteiger partial charge in [-0.3, -0.25) is 9.59 Å². The lowest BCUT2D eigenvalue weighted by Gasteiger charge is -2.35. The van der Waals surface area contributed by atoms with Gasteiger partial charge < -0.3 is 30.3 Å². The van der Waals surface area contributed by atoms with E-state index in [0.717, 1.165) is 51.4 Å². The van der Waals surface area contributed by atoms with Gasteiger partial charge in [-0.2, -0.15) is 0 Å². The van der Waals surface area contributed by atoms with Crippen molar-refractivity contribution < 1.29 is 39.9 Å². The smallest absolute Gasteiger partial charge is 0.209 e. The van der Waals surface area contributed by atoms with E-state index in [4.69, 9.17) is 0 Å². The third-order valence-electron chi connectivity index (χ3n) is 9.46. The lowest BCUT2D eigenvalue weighted by molar-refractivity contribution is -0.185. The summed E-state index contributed by atoms with van der Waals surface area (Å²) in [6.07, 6.45) is 19.8. The van der Waals surface area contributed by atoms with E-state index in [2.05, 4.69) is 13.8 Å². The Morgan fingerprint density at radius 3 is 1.00 bits per heavy atom. The van der Waals surface area contributed by atoms with E-state index in [-0.39, 0.29) is 19.1 Å². The maximum atomic E-state index is 13.2. The van der Waals surface area contributed by atoms with Crippen LogP contribution in [0.15, 0.2) is 0 Å². The first kappa shape index (κ1) is 44.8. The van der Waals surface area contributed by atoms with Crippen molar-refractivity contribution in [2.45, 2.75) is 224 Å². The molecule has 0 aromatic carbocycles. The molecule has 0 fully saturated rings. The monoisotopic (exact) mass is 657 g/mol. The van der Waals surface area contributed by atoms with E-state index in [1.807, 2.05) is 0 Å². The summed E-state index contributed by atoms with van der Waals surface area (Å²) in [4.78, 5) is 37.3. The van der Waals surface area contributed by atoms with Crippen molar-refractivity contribution in [3.63, 3.8) is 0 Å². The highest BCUT2D eigenvalue weighted by molar-refractivity contribution is 6.10. The zero-order valence-corrected chi connectivity index (χ0v) is 29.6. The number of ketones is 2. The second kappa shape index (κ2) is 29.9. The van der Waals surface area contributed by atoms with Gasteiger partial charge in [0.2, 0.25) is 5.60 Å². The summed E-state index contributed by atoms with van der Waals surface area (Å²) in [7, 11) is 0. The Labute approximate surface area is 281 Å². The van der Waals surface area contributed by atoms with Crippen LogP contribution < -0.4 is 0 Å². The molecule has 0 saturated carbocycles. The fraction of sp³-hybridized carbons (Fsp3) is 0.921. The molecule has 0 aliphatic heterocycles. The minimum atomic E-state index is -2.92. The SMILES string of the molecule is CCCCCCCCCCCCCCCC(=O)C(O)(C(=O)CCCCCCCCCCCCCCC)[C@@H](O)[C@@H](O)[C@H](O)[C@@H](O)C=O. The molecule has 0 heterocycles. The molecule has 0 unspecified atom stereocenters. The van der Waals surface area contributed by atoms with Gasteiger partial charge >= 0.3 is 0 Å². The van der Waals surface area contributed by atoms with Crippen molar-refractivity contribution in [1.29, 1.82) is 0 Å². The predicted octanol–water partition coefficient (Wildman–Crippen LogP) is 7.46. The standard InChI is InChI=1S/C38H72O8/c1-3-5-7-9-11-13-15-17-19-21-23-25-27-29-33(41)38(46,37(45)36(44)35(43)32(40)31-39)34(42)30-28-26-24-22-20-18-16-14-12-10-8-6-4-2/h31-32,35-37,40,43-46H,3-30H2,1-2H3/t32-,35+,36-,37-/m0/s1. The van der Waals surface area contributed by atoms with Crippen LogP contribution in [-0.4, -0.2) is 73.4 Å². The fourth-order valence-corrected chi connectivity index (χ4v) is 6.19. The van der Waals surface area contributed by atoms with Crippen molar-refractivity contribution in [3.8, 4) is 0 Å². The third kappa shape index (κ3) is 20.2. The summed E-state index contributed by atoms with van der Waals surface area (Å²) >= 11 is 0. The highest BCUT2D eigenvalue weighted by Crippen LogP contribution is 2.26. The molecule has 0 aliphatic carbocycles. The van der Waals surface area contributed by atoms with Gasteiger partial charge in [-0.05, 0) is 12.8 Å². The van der Waals surface area contributed by atoms with Crippen LogP contribution in [-0.2, 0) is 14.4 Å². The minimum Gasteiger partial charge on any atom is -0.387 e. The Morgan fingerprint density at radius 2 is 0.739 bits per heavy atom. The van der Waals surface area contributed by atoms with Crippen molar-refractivity contribution >= 4 is 17.9 Å². The lowest BCUT2D eigenvalue weighted by atomic mass is 9.79. The fourth-order valence-electron chi connectivity index (χ4n) is 6.19. The topological polar surface area (TPSA) is 152 Å². The maximum absolute atomic E-state index is 13.2. The van der Waals surface area contributed by atoms with Crippen LogP contribution >= 0.6 is 0 Å². The number of rotatable bonds is 35. The van der Waals surface area contributed by atoms with Crippen molar-refractivity contribution in [3.05, 3.63) is 0 Å². The molecule has 0 rings (SSSR count). The molecule has 8 heteroatoms. The summed E-state index contributed by atoms with van der Waals surface area (Å²) in [5.74, 6) is -1.82. The average molecular weight is 657 g/mol.